The van der Waals surface area contributed by atoms with Gasteiger partial charge in [0.2, 0.25) is 0 Å². The van der Waals surface area contributed by atoms with Crippen LogP contribution in [-0.2, 0) is 12.8 Å². The molecule has 1 aromatic carbocycles. The number of nitrogens with zero attached hydrogens (tertiary/aromatic N) is 4. The fourth-order valence-corrected chi connectivity index (χ4v) is 5.57. The van der Waals surface area contributed by atoms with Gasteiger partial charge in [-0.15, -0.1) is 11.3 Å². The van der Waals surface area contributed by atoms with E-state index >= 15 is 0 Å². The number of hydrogen-bond acceptors (Lipinski definition) is 4. The van der Waals surface area contributed by atoms with Gasteiger partial charge in [-0.1, -0.05) is 17.7 Å². The van der Waals surface area contributed by atoms with Crippen molar-refractivity contribution in [3.63, 3.8) is 0 Å². The number of thiophene rings is 1. The lowest BCUT2D eigenvalue weighted by Crippen LogP contribution is -2.18. The predicted octanol–water partition coefficient (Wildman–Crippen LogP) is 4.93. The molecule has 0 aliphatic heterocycles. The zero-order chi connectivity index (χ0) is 20.8. The zero-order valence-electron chi connectivity index (χ0n) is 17.5. The number of fused-ring (bicyclic) bond motifs is 3. The summed E-state index contributed by atoms with van der Waals surface area (Å²) in [7, 11) is 0. The first-order valence-corrected chi connectivity index (χ1v) is 11.2. The van der Waals surface area contributed by atoms with Crippen LogP contribution < -0.4 is 5.56 Å². The second-order valence-electron chi connectivity index (χ2n) is 8.03. The highest BCUT2D eigenvalue weighted by atomic mass is 32.1. The van der Waals surface area contributed by atoms with E-state index in [1.807, 2.05) is 0 Å². The van der Waals surface area contributed by atoms with E-state index in [4.69, 9.17) is 0 Å². The Kier molecular flexibility index (Phi) is 4.66. The molecule has 1 aliphatic carbocycles. The molecule has 0 atom stereocenters. The lowest BCUT2D eigenvalue weighted by Gasteiger charge is -2.10. The maximum absolute atomic E-state index is 13.1. The largest absolute Gasteiger partial charge is 0.318 e. The molecule has 3 aromatic heterocycles. The summed E-state index contributed by atoms with van der Waals surface area (Å²) in [5.41, 5.74) is 6.71. The van der Waals surface area contributed by atoms with E-state index in [0.29, 0.717) is 0 Å². The van der Waals surface area contributed by atoms with Gasteiger partial charge < -0.3 is 4.57 Å². The van der Waals surface area contributed by atoms with Crippen molar-refractivity contribution in [3.05, 3.63) is 80.0 Å². The van der Waals surface area contributed by atoms with Gasteiger partial charge in [-0.3, -0.25) is 4.79 Å². The first kappa shape index (κ1) is 19.0. The zero-order valence-corrected chi connectivity index (χ0v) is 18.3. The molecule has 5 nitrogen and oxygen atoms in total. The van der Waals surface area contributed by atoms with Crippen LogP contribution in [0.4, 0.5) is 0 Å². The van der Waals surface area contributed by atoms with Crippen LogP contribution in [0, 0.1) is 20.8 Å². The van der Waals surface area contributed by atoms with Crippen LogP contribution >= 0.6 is 11.3 Å². The summed E-state index contributed by atoms with van der Waals surface area (Å²) in [5.74, 6) is 0. The van der Waals surface area contributed by atoms with Gasteiger partial charge in [0.15, 0.2) is 0 Å². The smallest absolute Gasteiger partial charge is 0.282 e. The molecule has 0 unspecified atom stereocenters. The number of benzene rings is 1. The summed E-state index contributed by atoms with van der Waals surface area (Å²) in [6, 6.07) is 10.6. The summed E-state index contributed by atoms with van der Waals surface area (Å²) >= 11 is 1.66. The van der Waals surface area contributed by atoms with Crippen LogP contribution in [0.2, 0.25) is 0 Å². The fraction of sp³-hybridized carbons (Fsp3) is 0.292. The normalized spacial score (nSPS) is 14.0. The van der Waals surface area contributed by atoms with Gasteiger partial charge in [-0.25, -0.2) is 4.98 Å². The highest BCUT2D eigenvalue weighted by molar-refractivity contribution is 7.18. The molecule has 4 aromatic rings. The van der Waals surface area contributed by atoms with Crippen LogP contribution in [0.25, 0.3) is 15.9 Å². The van der Waals surface area contributed by atoms with Gasteiger partial charge in [0.25, 0.3) is 5.56 Å². The van der Waals surface area contributed by atoms with E-state index < -0.39 is 0 Å². The molecule has 3 heterocycles. The fourth-order valence-electron chi connectivity index (χ4n) is 4.35. The molecular formula is C24H24N4OS. The van der Waals surface area contributed by atoms with Crippen LogP contribution in [0.1, 0.15) is 45.8 Å². The SMILES string of the molecule is Cc1ccc(-n2c(C)cc(C=Nn3cnc4sc5c(c4c3=O)CCCC5)c2C)cc1. The minimum atomic E-state index is -0.0667. The minimum absolute atomic E-state index is 0.0667. The van der Waals surface area contributed by atoms with Gasteiger partial charge in [-0.2, -0.15) is 9.78 Å². The van der Waals surface area contributed by atoms with Crippen molar-refractivity contribution >= 4 is 27.8 Å². The molecular weight excluding hydrogens is 392 g/mol. The Morgan fingerprint density at radius 3 is 2.67 bits per heavy atom. The summed E-state index contributed by atoms with van der Waals surface area (Å²) in [6.07, 6.45) is 7.68. The molecule has 0 bridgehead atoms. The molecule has 0 amide bonds. The minimum Gasteiger partial charge on any atom is -0.318 e. The van der Waals surface area contributed by atoms with Crippen LogP contribution in [-0.4, -0.2) is 20.4 Å². The molecule has 1 aliphatic rings. The third-order valence-corrected chi connectivity index (χ3v) is 7.14. The van der Waals surface area contributed by atoms with E-state index in [1.165, 1.54) is 27.1 Å². The molecule has 0 radical (unpaired) electrons. The van der Waals surface area contributed by atoms with Crippen molar-refractivity contribution in [1.29, 1.82) is 0 Å². The quantitative estimate of drug-likeness (QED) is 0.445. The number of rotatable bonds is 3. The Morgan fingerprint density at radius 2 is 1.87 bits per heavy atom. The van der Waals surface area contributed by atoms with Crippen molar-refractivity contribution in [3.8, 4) is 5.69 Å². The van der Waals surface area contributed by atoms with Crippen molar-refractivity contribution in [2.75, 3.05) is 0 Å². The Morgan fingerprint density at radius 1 is 1.10 bits per heavy atom. The van der Waals surface area contributed by atoms with Crippen LogP contribution in [0.3, 0.4) is 0 Å². The third-order valence-electron chi connectivity index (χ3n) is 5.94. The summed E-state index contributed by atoms with van der Waals surface area (Å²) in [5, 5.41) is 5.25. The van der Waals surface area contributed by atoms with Crippen molar-refractivity contribution < 1.29 is 0 Å². The van der Waals surface area contributed by atoms with E-state index in [2.05, 4.69) is 65.8 Å². The third kappa shape index (κ3) is 3.12. The first-order chi connectivity index (χ1) is 14.5. The second-order valence-corrected chi connectivity index (χ2v) is 9.11. The van der Waals surface area contributed by atoms with E-state index in [-0.39, 0.29) is 5.56 Å². The molecule has 0 fully saturated rings. The molecule has 152 valence electrons. The second kappa shape index (κ2) is 7.36. The average Bonchev–Trinajstić information content (AvgIpc) is 3.25. The van der Waals surface area contributed by atoms with Crippen molar-refractivity contribution in [1.82, 2.24) is 14.2 Å². The summed E-state index contributed by atoms with van der Waals surface area (Å²) in [4.78, 5) is 19.8. The van der Waals surface area contributed by atoms with Gasteiger partial charge in [0.1, 0.15) is 11.2 Å². The predicted molar refractivity (Wildman–Crippen MR) is 123 cm³/mol. The van der Waals surface area contributed by atoms with E-state index in [0.717, 1.165) is 52.1 Å². The molecule has 0 saturated heterocycles. The highest BCUT2D eigenvalue weighted by Gasteiger charge is 2.20. The maximum atomic E-state index is 13.1. The monoisotopic (exact) mass is 416 g/mol. The highest BCUT2D eigenvalue weighted by Crippen LogP contribution is 2.33. The molecule has 30 heavy (non-hydrogen) atoms. The topological polar surface area (TPSA) is 52.2 Å². The Hall–Kier alpha value is -2.99. The lowest BCUT2D eigenvalue weighted by molar-refractivity contribution is 0.699. The average molecular weight is 417 g/mol. The first-order valence-electron chi connectivity index (χ1n) is 10.3. The van der Waals surface area contributed by atoms with Crippen LogP contribution in [0.15, 0.2) is 46.6 Å². The molecule has 0 N–H and O–H groups in total. The Bertz CT molecular complexity index is 1340. The number of hydrogen-bond donors (Lipinski definition) is 0. The summed E-state index contributed by atoms with van der Waals surface area (Å²) < 4.78 is 3.59. The van der Waals surface area contributed by atoms with Gasteiger partial charge in [0, 0.05) is 27.5 Å². The van der Waals surface area contributed by atoms with Crippen LogP contribution in [0.5, 0.6) is 0 Å². The molecule has 0 saturated carbocycles. The Labute approximate surface area is 179 Å². The van der Waals surface area contributed by atoms with Crippen molar-refractivity contribution in [2.24, 2.45) is 5.10 Å². The standard InChI is InChI=1S/C24H24N4OS/c1-15-8-10-19(11-9-15)28-16(2)12-18(17(28)3)13-26-27-14-25-23-22(24(27)29)20-6-4-5-7-21(20)30-23/h8-14H,4-7H2,1-3H3. The number of aryl methyl sites for hydroxylation is 4. The van der Waals surface area contributed by atoms with Gasteiger partial charge >= 0.3 is 0 Å². The molecule has 6 heteroatoms. The number of aromatic nitrogens is 3. The van der Waals surface area contributed by atoms with Gasteiger partial charge in [-0.05, 0) is 70.2 Å². The van der Waals surface area contributed by atoms with Crippen molar-refractivity contribution in [2.45, 2.75) is 46.5 Å². The van der Waals surface area contributed by atoms with Gasteiger partial charge in [0.05, 0.1) is 11.6 Å². The summed E-state index contributed by atoms with van der Waals surface area (Å²) in [6.45, 7) is 6.25. The van der Waals surface area contributed by atoms with E-state index in [9.17, 15) is 4.79 Å². The Balaban J connectivity index is 1.54. The molecule has 0 spiro atoms. The maximum Gasteiger partial charge on any atom is 0.282 e. The molecule has 5 rings (SSSR count). The van der Waals surface area contributed by atoms with E-state index in [1.54, 1.807) is 23.9 Å². The lowest BCUT2D eigenvalue weighted by atomic mass is 9.97.